The standard InChI is InChI=1S/C20H28N6O/c1-5-21-18-13-15(2)22-20(23-18)26-11-9-25(10-12-26)19(27)16-7-6-8-17(14-16)24(3)4/h6-8,13-14H,5,9-12H2,1-4H3,(H,21,22,23). The lowest BCUT2D eigenvalue weighted by molar-refractivity contribution is 0.0746. The number of nitrogens with one attached hydrogen (secondary N) is 1. The molecule has 144 valence electrons. The Labute approximate surface area is 161 Å². The summed E-state index contributed by atoms with van der Waals surface area (Å²) in [6, 6.07) is 9.72. The third kappa shape index (κ3) is 4.48. The Bertz CT molecular complexity index is 799. The molecule has 3 rings (SSSR count). The number of rotatable bonds is 5. The van der Waals surface area contributed by atoms with Crippen LogP contribution in [0.15, 0.2) is 30.3 Å². The Hall–Kier alpha value is -2.83. The van der Waals surface area contributed by atoms with Gasteiger partial charge in [-0.2, -0.15) is 4.98 Å². The summed E-state index contributed by atoms with van der Waals surface area (Å²) in [5, 5.41) is 3.24. The van der Waals surface area contributed by atoms with Gasteiger partial charge < -0.3 is 20.0 Å². The molecule has 7 heteroatoms. The van der Waals surface area contributed by atoms with Crippen LogP contribution in [0.3, 0.4) is 0 Å². The number of aromatic nitrogens is 2. The molecule has 0 spiro atoms. The molecule has 1 aromatic heterocycles. The maximum Gasteiger partial charge on any atom is 0.254 e. The van der Waals surface area contributed by atoms with Crippen molar-refractivity contribution in [2.75, 3.05) is 61.9 Å². The molecule has 1 aromatic carbocycles. The first kappa shape index (κ1) is 18.9. The molecule has 0 bridgehead atoms. The van der Waals surface area contributed by atoms with E-state index >= 15 is 0 Å². The van der Waals surface area contributed by atoms with Gasteiger partial charge >= 0.3 is 0 Å². The number of carbonyl (C=O) groups is 1. The fourth-order valence-electron chi connectivity index (χ4n) is 3.18. The van der Waals surface area contributed by atoms with Crippen molar-refractivity contribution in [3.05, 3.63) is 41.6 Å². The molecule has 1 saturated heterocycles. The largest absolute Gasteiger partial charge is 0.378 e. The molecule has 1 N–H and O–H groups in total. The van der Waals surface area contributed by atoms with E-state index in [-0.39, 0.29) is 5.91 Å². The van der Waals surface area contributed by atoms with Gasteiger partial charge in [0.2, 0.25) is 5.95 Å². The van der Waals surface area contributed by atoms with Crippen LogP contribution in [0.5, 0.6) is 0 Å². The van der Waals surface area contributed by atoms with E-state index in [0.29, 0.717) is 13.1 Å². The van der Waals surface area contributed by atoms with Crippen LogP contribution in [0.25, 0.3) is 0 Å². The molecule has 1 fully saturated rings. The highest BCUT2D eigenvalue weighted by molar-refractivity contribution is 5.95. The summed E-state index contributed by atoms with van der Waals surface area (Å²) in [7, 11) is 3.96. The van der Waals surface area contributed by atoms with Crippen molar-refractivity contribution in [2.24, 2.45) is 0 Å². The molecule has 27 heavy (non-hydrogen) atoms. The minimum absolute atomic E-state index is 0.0804. The van der Waals surface area contributed by atoms with Gasteiger partial charge in [0, 0.05) is 69.8 Å². The molecule has 2 aromatic rings. The number of carbonyl (C=O) groups excluding carboxylic acids is 1. The van der Waals surface area contributed by atoms with E-state index in [4.69, 9.17) is 0 Å². The van der Waals surface area contributed by atoms with Crippen molar-refractivity contribution in [3.8, 4) is 0 Å². The zero-order chi connectivity index (χ0) is 19.4. The first-order chi connectivity index (χ1) is 13.0. The fourth-order valence-corrected chi connectivity index (χ4v) is 3.18. The molecule has 1 aliphatic heterocycles. The Balaban J connectivity index is 1.67. The molecule has 0 aliphatic carbocycles. The summed E-state index contributed by atoms with van der Waals surface area (Å²) < 4.78 is 0. The van der Waals surface area contributed by atoms with E-state index in [9.17, 15) is 4.79 Å². The van der Waals surface area contributed by atoms with Crippen molar-refractivity contribution >= 4 is 23.4 Å². The van der Waals surface area contributed by atoms with Crippen LogP contribution < -0.4 is 15.1 Å². The van der Waals surface area contributed by atoms with Crippen LogP contribution in [0, 0.1) is 6.92 Å². The maximum absolute atomic E-state index is 12.9. The van der Waals surface area contributed by atoms with Gasteiger partial charge in [-0.15, -0.1) is 0 Å². The predicted molar refractivity (Wildman–Crippen MR) is 110 cm³/mol. The molecule has 0 unspecified atom stereocenters. The monoisotopic (exact) mass is 368 g/mol. The van der Waals surface area contributed by atoms with Gasteiger partial charge in [0.15, 0.2) is 0 Å². The highest BCUT2D eigenvalue weighted by atomic mass is 16.2. The number of hydrogen-bond donors (Lipinski definition) is 1. The topological polar surface area (TPSA) is 64.6 Å². The van der Waals surface area contributed by atoms with Crippen molar-refractivity contribution in [1.82, 2.24) is 14.9 Å². The third-order valence-electron chi connectivity index (χ3n) is 4.66. The number of anilines is 3. The van der Waals surface area contributed by atoms with Crippen LogP contribution in [0.2, 0.25) is 0 Å². The first-order valence-corrected chi connectivity index (χ1v) is 9.39. The Morgan fingerprint density at radius 2 is 1.89 bits per heavy atom. The van der Waals surface area contributed by atoms with Gasteiger partial charge in [0.25, 0.3) is 5.91 Å². The Morgan fingerprint density at radius 1 is 1.15 bits per heavy atom. The molecular formula is C20H28N6O. The normalized spacial score (nSPS) is 14.2. The van der Waals surface area contributed by atoms with E-state index < -0.39 is 0 Å². The fraction of sp³-hybridized carbons (Fsp3) is 0.450. The molecular weight excluding hydrogens is 340 g/mol. The number of benzene rings is 1. The number of aryl methyl sites for hydroxylation is 1. The quantitative estimate of drug-likeness (QED) is 0.873. The first-order valence-electron chi connectivity index (χ1n) is 9.39. The lowest BCUT2D eigenvalue weighted by Crippen LogP contribution is -2.49. The summed E-state index contributed by atoms with van der Waals surface area (Å²) in [5.74, 6) is 1.66. The van der Waals surface area contributed by atoms with Crippen molar-refractivity contribution in [3.63, 3.8) is 0 Å². The number of nitrogens with zero attached hydrogens (tertiary/aromatic N) is 5. The number of piperazine rings is 1. The van der Waals surface area contributed by atoms with Gasteiger partial charge in [-0.25, -0.2) is 4.98 Å². The molecule has 7 nitrogen and oxygen atoms in total. The van der Waals surface area contributed by atoms with E-state index in [1.807, 2.05) is 68.1 Å². The van der Waals surface area contributed by atoms with Gasteiger partial charge in [-0.1, -0.05) is 6.07 Å². The smallest absolute Gasteiger partial charge is 0.254 e. The van der Waals surface area contributed by atoms with Crippen LogP contribution in [0.1, 0.15) is 23.0 Å². The Morgan fingerprint density at radius 3 is 2.56 bits per heavy atom. The zero-order valence-corrected chi connectivity index (χ0v) is 16.6. The molecule has 1 aliphatic rings. The lowest BCUT2D eigenvalue weighted by atomic mass is 10.1. The molecule has 0 radical (unpaired) electrons. The van der Waals surface area contributed by atoms with Crippen molar-refractivity contribution in [2.45, 2.75) is 13.8 Å². The lowest BCUT2D eigenvalue weighted by Gasteiger charge is -2.35. The van der Waals surface area contributed by atoms with Crippen molar-refractivity contribution < 1.29 is 4.79 Å². The van der Waals surface area contributed by atoms with Crippen LogP contribution >= 0.6 is 0 Å². The highest BCUT2D eigenvalue weighted by Crippen LogP contribution is 2.18. The average Bonchev–Trinajstić information content (AvgIpc) is 2.67. The van der Waals surface area contributed by atoms with Gasteiger partial charge in [-0.3, -0.25) is 4.79 Å². The van der Waals surface area contributed by atoms with Gasteiger partial charge in [0.05, 0.1) is 0 Å². The maximum atomic E-state index is 12.9. The Kier molecular flexibility index (Phi) is 5.78. The summed E-state index contributed by atoms with van der Waals surface area (Å²) in [4.78, 5) is 28.1. The summed E-state index contributed by atoms with van der Waals surface area (Å²) in [6.45, 7) is 7.64. The van der Waals surface area contributed by atoms with E-state index in [1.165, 1.54) is 0 Å². The third-order valence-corrected chi connectivity index (χ3v) is 4.66. The summed E-state index contributed by atoms with van der Waals surface area (Å²) >= 11 is 0. The zero-order valence-electron chi connectivity index (χ0n) is 16.6. The SMILES string of the molecule is CCNc1cc(C)nc(N2CCN(C(=O)c3cccc(N(C)C)c3)CC2)n1. The summed E-state index contributed by atoms with van der Waals surface area (Å²) in [5.41, 5.74) is 2.70. The average molecular weight is 368 g/mol. The molecule has 0 saturated carbocycles. The minimum Gasteiger partial charge on any atom is -0.378 e. The van der Waals surface area contributed by atoms with E-state index in [2.05, 4.69) is 20.2 Å². The van der Waals surface area contributed by atoms with Crippen LogP contribution in [-0.2, 0) is 0 Å². The van der Waals surface area contributed by atoms with E-state index in [1.54, 1.807) is 0 Å². The van der Waals surface area contributed by atoms with Gasteiger partial charge in [0.1, 0.15) is 5.82 Å². The predicted octanol–water partition coefficient (Wildman–Crippen LogP) is 2.25. The second kappa shape index (κ2) is 8.24. The summed E-state index contributed by atoms with van der Waals surface area (Å²) in [6.07, 6.45) is 0. The highest BCUT2D eigenvalue weighted by Gasteiger charge is 2.24. The van der Waals surface area contributed by atoms with Gasteiger partial charge in [-0.05, 0) is 32.0 Å². The second-order valence-corrected chi connectivity index (χ2v) is 6.95. The second-order valence-electron chi connectivity index (χ2n) is 6.95. The molecule has 1 amide bonds. The van der Waals surface area contributed by atoms with Crippen LogP contribution in [-0.4, -0.2) is 67.6 Å². The molecule has 2 heterocycles. The van der Waals surface area contributed by atoms with Crippen molar-refractivity contribution in [1.29, 1.82) is 0 Å². The molecule has 0 atom stereocenters. The minimum atomic E-state index is 0.0804. The number of amides is 1. The van der Waals surface area contributed by atoms with Crippen LogP contribution in [0.4, 0.5) is 17.5 Å². The van der Waals surface area contributed by atoms with E-state index in [0.717, 1.165) is 48.3 Å². The number of hydrogen-bond acceptors (Lipinski definition) is 6.